The molecule has 0 radical (unpaired) electrons. The van der Waals surface area contributed by atoms with Gasteiger partial charge in [0.05, 0.1) is 5.41 Å². The SMILES string of the molecule is Cc1cccc2c1CCCC2(C)C(=O)O. The lowest BCUT2D eigenvalue weighted by atomic mass is 9.70. The van der Waals surface area contributed by atoms with Crippen LogP contribution in [0.1, 0.15) is 36.5 Å². The van der Waals surface area contributed by atoms with E-state index in [0.29, 0.717) is 0 Å². The van der Waals surface area contributed by atoms with Crippen LogP contribution in [0.4, 0.5) is 0 Å². The number of hydrogen-bond acceptors (Lipinski definition) is 1. The fraction of sp³-hybridized carbons (Fsp3) is 0.462. The molecule has 0 fully saturated rings. The number of carboxylic acid groups (broad SMARTS) is 1. The zero-order valence-electron chi connectivity index (χ0n) is 9.21. The van der Waals surface area contributed by atoms with Crippen LogP contribution in [0.2, 0.25) is 0 Å². The molecule has 1 aliphatic carbocycles. The molecule has 1 atom stereocenters. The molecule has 0 bridgehead atoms. The predicted octanol–water partition coefficient (Wildman–Crippen LogP) is 2.67. The highest BCUT2D eigenvalue weighted by atomic mass is 16.4. The van der Waals surface area contributed by atoms with Crippen LogP contribution in [-0.4, -0.2) is 11.1 Å². The summed E-state index contributed by atoms with van der Waals surface area (Å²) in [7, 11) is 0. The molecule has 1 N–H and O–H groups in total. The Labute approximate surface area is 89.9 Å². The minimum atomic E-state index is -0.700. The van der Waals surface area contributed by atoms with Gasteiger partial charge in [0.1, 0.15) is 0 Å². The summed E-state index contributed by atoms with van der Waals surface area (Å²) >= 11 is 0. The number of hydrogen-bond donors (Lipinski definition) is 1. The summed E-state index contributed by atoms with van der Waals surface area (Å²) in [5.74, 6) is -0.700. The van der Waals surface area contributed by atoms with E-state index in [1.807, 2.05) is 19.1 Å². The first-order chi connectivity index (χ1) is 7.05. The van der Waals surface area contributed by atoms with Crippen LogP contribution in [0.25, 0.3) is 0 Å². The van der Waals surface area contributed by atoms with E-state index in [4.69, 9.17) is 0 Å². The van der Waals surface area contributed by atoms with Gasteiger partial charge < -0.3 is 5.11 Å². The van der Waals surface area contributed by atoms with E-state index in [9.17, 15) is 9.90 Å². The van der Waals surface area contributed by atoms with Gasteiger partial charge in [0, 0.05) is 0 Å². The normalized spacial score (nSPS) is 24.7. The molecular formula is C13H16O2. The Morgan fingerprint density at radius 2 is 2.20 bits per heavy atom. The first kappa shape index (κ1) is 10.2. The highest BCUT2D eigenvalue weighted by molar-refractivity contribution is 5.82. The van der Waals surface area contributed by atoms with Crippen LogP contribution >= 0.6 is 0 Å². The van der Waals surface area contributed by atoms with E-state index in [2.05, 4.69) is 13.0 Å². The number of rotatable bonds is 1. The first-order valence-corrected chi connectivity index (χ1v) is 5.38. The van der Waals surface area contributed by atoms with Gasteiger partial charge in [0.2, 0.25) is 0 Å². The van der Waals surface area contributed by atoms with Gasteiger partial charge in [-0.1, -0.05) is 18.2 Å². The maximum atomic E-state index is 11.4. The number of carboxylic acids is 1. The summed E-state index contributed by atoms with van der Waals surface area (Å²) in [4.78, 5) is 11.4. The van der Waals surface area contributed by atoms with Gasteiger partial charge in [-0.3, -0.25) is 4.79 Å². The molecule has 0 aromatic heterocycles. The molecule has 0 saturated carbocycles. The molecule has 1 unspecified atom stereocenters. The van der Waals surface area contributed by atoms with Crippen molar-refractivity contribution in [3.63, 3.8) is 0 Å². The molecule has 1 aromatic rings. The van der Waals surface area contributed by atoms with Crippen LogP contribution < -0.4 is 0 Å². The molecule has 15 heavy (non-hydrogen) atoms. The largest absolute Gasteiger partial charge is 0.481 e. The van der Waals surface area contributed by atoms with Gasteiger partial charge in [0.15, 0.2) is 0 Å². The molecule has 0 spiro atoms. The number of aryl methyl sites for hydroxylation is 1. The third kappa shape index (κ3) is 1.44. The van der Waals surface area contributed by atoms with Crippen LogP contribution in [0, 0.1) is 6.92 Å². The van der Waals surface area contributed by atoms with E-state index in [0.717, 1.165) is 24.8 Å². The predicted molar refractivity (Wildman–Crippen MR) is 59.1 cm³/mol. The van der Waals surface area contributed by atoms with Crippen molar-refractivity contribution >= 4 is 5.97 Å². The highest BCUT2D eigenvalue weighted by Gasteiger charge is 2.39. The Kier molecular flexibility index (Phi) is 2.29. The van der Waals surface area contributed by atoms with E-state index in [1.165, 1.54) is 11.1 Å². The van der Waals surface area contributed by atoms with Gasteiger partial charge in [-0.2, -0.15) is 0 Å². The minimum absolute atomic E-state index is 0.681. The zero-order valence-corrected chi connectivity index (χ0v) is 9.21. The lowest BCUT2D eigenvalue weighted by Gasteiger charge is -2.32. The molecular weight excluding hydrogens is 188 g/mol. The fourth-order valence-corrected chi connectivity index (χ4v) is 2.53. The average Bonchev–Trinajstić information content (AvgIpc) is 2.20. The van der Waals surface area contributed by atoms with Crippen molar-refractivity contribution in [2.24, 2.45) is 0 Å². The molecule has 2 heteroatoms. The molecule has 2 rings (SSSR count). The van der Waals surface area contributed by atoms with E-state index in [-0.39, 0.29) is 0 Å². The summed E-state index contributed by atoms with van der Waals surface area (Å²) in [5.41, 5.74) is 2.80. The van der Waals surface area contributed by atoms with Crippen LogP contribution in [-0.2, 0) is 16.6 Å². The van der Waals surface area contributed by atoms with Gasteiger partial charge in [-0.15, -0.1) is 0 Å². The summed E-state index contributed by atoms with van der Waals surface area (Å²) in [6.45, 7) is 3.90. The third-order valence-corrected chi connectivity index (χ3v) is 3.58. The van der Waals surface area contributed by atoms with E-state index in [1.54, 1.807) is 0 Å². The molecule has 80 valence electrons. The molecule has 0 aliphatic heterocycles. The van der Waals surface area contributed by atoms with Gasteiger partial charge in [-0.05, 0) is 49.8 Å². The van der Waals surface area contributed by atoms with Gasteiger partial charge in [0.25, 0.3) is 0 Å². The quantitative estimate of drug-likeness (QED) is 0.763. The zero-order chi connectivity index (χ0) is 11.1. The lowest BCUT2D eigenvalue weighted by molar-refractivity contribution is -0.143. The molecule has 1 aliphatic rings. The van der Waals surface area contributed by atoms with E-state index >= 15 is 0 Å². The smallest absolute Gasteiger partial charge is 0.313 e. The summed E-state index contributed by atoms with van der Waals surface area (Å²) in [6.07, 6.45) is 2.74. The summed E-state index contributed by atoms with van der Waals surface area (Å²) < 4.78 is 0. The second kappa shape index (κ2) is 3.37. The molecule has 0 heterocycles. The Balaban J connectivity index is 2.61. The second-order valence-corrected chi connectivity index (χ2v) is 4.59. The average molecular weight is 204 g/mol. The van der Waals surface area contributed by atoms with Crippen molar-refractivity contribution < 1.29 is 9.90 Å². The first-order valence-electron chi connectivity index (χ1n) is 5.38. The molecule has 0 amide bonds. The van der Waals surface area contributed by atoms with Crippen molar-refractivity contribution in [2.75, 3.05) is 0 Å². The van der Waals surface area contributed by atoms with Crippen molar-refractivity contribution in [1.82, 2.24) is 0 Å². The van der Waals surface area contributed by atoms with Gasteiger partial charge in [-0.25, -0.2) is 0 Å². The Morgan fingerprint density at radius 1 is 1.47 bits per heavy atom. The maximum Gasteiger partial charge on any atom is 0.313 e. The van der Waals surface area contributed by atoms with Crippen LogP contribution in [0.3, 0.4) is 0 Å². The van der Waals surface area contributed by atoms with Crippen molar-refractivity contribution in [1.29, 1.82) is 0 Å². The number of aliphatic carboxylic acids is 1. The Bertz CT molecular complexity index is 409. The standard InChI is InChI=1S/C13H16O2/c1-9-5-3-7-11-10(9)6-4-8-13(11,2)12(14)15/h3,5,7H,4,6,8H2,1-2H3,(H,14,15). The van der Waals surface area contributed by atoms with Gasteiger partial charge >= 0.3 is 5.97 Å². The molecule has 0 saturated heterocycles. The monoisotopic (exact) mass is 204 g/mol. The van der Waals surface area contributed by atoms with Crippen LogP contribution in [0.15, 0.2) is 18.2 Å². The van der Waals surface area contributed by atoms with Crippen LogP contribution in [0.5, 0.6) is 0 Å². The van der Waals surface area contributed by atoms with E-state index < -0.39 is 11.4 Å². The summed E-state index contributed by atoms with van der Waals surface area (Å²) in [5, 5.41) is 9.34. The number of carbonyl (C=O) groups is 1. The molecule has 1 aromatic carbocycles. The number of benzene rings is 1. The van der Waals surface area contributed by atoms with Crippen molar-refractivity contribution in [3.8, 4) is 0 Å². The maximum absolute atomic E-state index is 11.4. The topological polar surface area (TPSA) is 37.3 Å². The number of fused-ring (bicyclic) bond motifs is 1. The second-order valence-electron chi connectivity index (χ2n) is 4.59. The minimum Gasteiger partial charge on any atom is -0.481 e. The van der Waals surface area contributed by atoms with Crippen molar-refractivity contribution in [3.05, 3.63) is 34.9 Å². The summed E-state index contributed by atoms with van der Waals surface area (Å²) in [6, 6.07) is 5.99. The third-order valence-electron chi connectivity index (χ3n) is 3.58. The fourth-order valence-electron chi connectivity index (χ4n) is 2.53. The molecule has 2 nitrogen and oxygen atoms in total. The van der Waals surface area contributed by atoms with Crippen molar-refractivity contribution in [2.45, 2.75) is 38.5 Å². The Morgan fingerprint density at radius 3 is 2.87 bits per heavy atom. The Hall–Kier alpha value is -1.31. The lowest BCUT2D eigenvalue weighted by Crippen LogP contribution is -2.36. The highest BCUT2D eigenvalue weighted by Crippen LogP contribution is 2.38.